The topological polar surface area (TPSA) is 77.2 Å². The van der Waals surface area contributed by atoms with Crippen LogP contribution in [0.2, 0.25) is 5.02 Å². The van der Waals surface area contributed by atoms with Crippen molar-refractivity contribution >= 4 is 27.2 Å². The summed E-state index contributed by atoms with van der Waals surface area (Å²) in [7, 11) is -3.58. The van der Waals surface area contributed by atoms with Crippen LogP contribution in [0.3, 0.4) is 0 Å². The lowest BCUT2D eigenvalue weighted by Gasteiger charge is -2.09. The highest BCUT2D eigenvalue weighted by molar-refractivity contribution is 7.91. The Labute approximate surface area is 134 Å². The summed E-state index contributed by atoms with van der Waals surface area (Å²) in [6, 6.07) is 4.21. The highest BCUT2D eigenvalue weighted by Crippen LogP contribution is 2.27. The summed E-state index contributed by atoms with van der Waals surface area (Å²) in [5.41, 5.74) is 0.348. The van der Waals surface area contributed by atoms with Crippen molar-refractivity contribution in [2.24, 2.45) is 0 Å². The number of hydrogen-bond acceptors (Lipinski definition) is 5. The molecule has 118 valence electrons. The van der Waals surface area contributed by atoms with E-state index in [1.54, 1.807) is 0 Å². The Balaban J connectivity index is 2.63. The molecule has 0 atom stereocenters. The van der Waals surface area contributed by atoms with E-state index in [4.69, 9.17) is 16.1 Å². The van der Waals surface area contributed by atoms with Crippen molar-refractivity contribution in [2.45, 2.75) is 31.6 Å². The fourth-order valence-electron chi connectivity index (χ4n) is 2.08. The Morgan fingerprint density at radius 3 is 2.59 bits per heavy atom. The molecule has 0 radical (unpaired) electrons. The van der Waals surface area contributed by atoms with Crippen LogP contribution >= 0.6 is 11.6 Å². The van der Waals surface area contributed by atoms with Crippen LogP contribution in [0, 0.1) is 0 Å². The Kier molecular flexibility index (Phi) is 4.72. The molecule has 0 fully saturated rings. The molecule has 2 aromatic rings. The molecule has 1 aromatic carbocycles. The normalized spacial score (nSPS) is 11.9. The third-order valence-corrected chi connectivity index (χ3v) is 5.27. The number of ketones is 1. The molecule has 2 rings (SSSR count). The monoisotopic (exact) mass is 341 g/mol. The van der Waals surface area contributed by atoms with Gasteiger partial charge in [0.05, 0.1) is 22.4 Å². The predicted molar refractivity (Wildman–Crippen MR) is 83.2 cm³/mol. The van der Waals surface area contributed by atoms with Crippen molar-refractivity contribution in [1.29, 1.82) is 0 Å². The number of carbonyl (C=O) groups is 1. The number of benzene rings is 1. The minimum absolute atomic E-state index is 0.0417. The summed E-state index contributed by atoms with van der Waals surface area (Å²) >= 11 is 5.88. The first-order chi connectivity index (χ1) is 10.3. The van der Waals surface area contributed by atoms with Crippen LogP contribution in [0.15, 0.2) is 33.8 Å². The molecule has 0 unspecified atom stereocenters. The van der Waals surface area contributed by atoms with Crippen LogP contribution in [-0.4, -0.2) is 25.1 Å². The van der Waals surface area contributed by atoms with Crippen LogP contribution in [0.4, 0.5) is 0 Å². The summed E-state index contributed by atoms with van der Waals surface area (Å²) in [5.74, 6) is -0.165. The van der Waals surface area contributed by atoms with Crippen molar-refractivity contribution < 1.29 is 17.7 Å². The lowest BCUT2D eigenvalue weighted by molar-refractivity contribution is 0.103. The number of carbonyl (C=O) groups excluding carboxylic acids is 1. The van der Waals surface area contributed by atoms with E-state index in [0.717, 1.165) is 0 Å². The number of hydrogen-bond donors (Lipinski definition) is 0. The number of rotatable bonds is 5. The van der Waals surface area contributed by atoms with E-state index in [0.29, 0.717) is 5.76 Å². The maximum Gasteiger partial charge on any atom is 0.199 e. The van der Waals surface area contributed by atoms with Gasteiger partial charge < -0.3 is 4.52 Å². The van der Waals surface area contributed by atoms with Gasteiger partial charge in [0.1, 0.15) is 5.76 Å². The van der Waals surface area contributed by atoms with E-state index in [9.17, 15) is 13.2 Å². The van der Waals surface area contributed by atoms with Gasteiger partial charge >= 0.3 is 0 Å². The van der Waals surface area contributed by atoms with Gasteiger partial charge in [-0.25, -0.2) is 8.42 Å². The minimum atomic E-state index is -3.58. The second kappa shape index (κ2) is 6.22. The summed E-state index contributed by atoms with van der Waals surface area (Å²) in [6.07, 6.45) is 1.31. The predicted octanol–water partition coefficient (Wildman–Crippen LogP) is 3.48. The van der Waals surface area contributed by atoms with Gasteiger partial charge in [-0.05, 0) is 18.2 Å². The SMILES string of the molecule is CCS(=O)(=O)c1cc(Cl)ccc1C(=O)c1cnoc1C(C)C. The van der Waals surface area contributed by atoms with Gasteiger partial charge in [0, 0.05) is 16.5 Å². The number of sulfone groups is 1. The fraction of sp³-hybridized carbons (Fsp3) is 0.333. The first-order valence-corrected chi connectivity index (χ1v) is 8.82. The van der Waals surface area contributed by atoms with E-state index in [1.807, 2.05) is 13.8 Å². The first-order valence-electron chi connectivity index (χ1n) is 6.79. The van der Waals surface area contributed by atoms with E-state index in [1.165, 1.54) is 31.3 Å². The zero-order valence-electron chi connectivity index (χ0n) is 12.5. The van der Waals surface area contributed by atoms with Crippen molar-refractivity contribution in [3.63, 3.8) is 0 Å². The number of nitrogens with zero attached hydrogens (tertiary/aromatic N) is 1. The molecule has 0 aliphatic heterocycles. The largest absolute Gasteiger partial charge is 0.360 e. The molecule has 0 aliphatic rings. The van der Waals surface area contributed by atoms with Gasteiger partial charge in [-0.3, -0.25) is 4.79 Å². The van der Waals surface area contributed by atoms with Crippen LogP contribution < -0.4 is 0 Å². The van der Waals surface area contributed by atoms with Gasteiger partial charge in [0.15, 0.2) is 15.6 Å². The van der Waals surface area contributed by atoms with Gasteiger partial charge in [-0.15, -0.1) is 0 Å². The van der Waals surface area contributed by atoms with Crippen molar-refractivity contribution in [1.82, 2.24) is 5.16 Å². The molecule has 0 saturated carbocycles. The Morgan fingerprint density at radius 1 is 1.32 bits per heavy atom. The van der Waals surface area contributed by atoms with Crippen LogP contribution in [0.5, 0.6) is 0 Å². The van der Waals surface area contributed by atoms with E-state index < -0.39 is 15.6 Å². The van der Waals surface area contributed by atoms with E-state index >= 15 is 0 Å². The van der Waals surface area contributed by atoms with E-state index in [-0.39, 0.29) is 32.7 Å². The van der Waals surface area contributed by atoms with Crippen LogP contribution in [-0.2, 0) is 9.84 Å². The zero-order chi connectivity index (χ0) is 16.5. The van der Waals surface area contributed by atoms with Crippen LogP contribution in [0.25, 0.3) is 0 Å². The molecule has 1 heterocycles. The average molecular weight is 342 g/mol. The summed E-state index contributed by atoms with van der Waals surface area (Å²) in [5, 5.41) is 3.91. The lowest BCUT2D eigenvalue weighted by atomic mass is 10.00. The number of halogens is 1. The second-order valence-corrected chi connectivity index (χ2v) is 7.81. The molecule has 0 bridgehead atoms. The standard InChI is InChI=1S/C15H16ClNO4S/c1-4-22(19,20)13-7-10(16)5-6-11(13)14(18)12-8-17-21-15(12)9(2)3/h5-9H,4H2,1-3H3. The van der Waals surface area contributed by atoms with Crippen LogP contribution in [0.1, 0.15) is 48.4 Å². The quantitative estimate of drug-likeness (QED) is 0.778. The van der Waals surface area contributed by atoms with Gasteiger partial charge in [-0.2, -0.15) is 0 Å². The molecule has 0 saturated heterocycles. The molecular formula is C15H16ClNO4S. The lowest BCUT2D eigenvalue weighted by Crippen LogP contribution is -2.13. The maximum atomic E-state index is 12.7. The molecule has 0 spiro atoms. The van der Waals surface area contributed by atoms with Crippen molar-refractivity contribution in [2.75, 3.05) is 5.75 Å². The van der Waals surface area contributed by atoms with Gasteiger partial charge in [-0.1, -0.05) is 37.5 Å². The third kappa shape index (κ3) is 3.08. The average Bonchev–Trinajstić information content (AvgIpc) is 2.96. The third-order valence-electron chi connectivity index (χ3n) is 3.27. The highest BCUT2D eigenvalue weighted by atomic mass is 35.5. The second-order valence-electron chi connectivity index (χ2n) is 5.13. The van der Waals surface area contributed by atoms with Crippen molar-refractivity contribution in [3.8, 4) is 0 Å². The Bertz CT molecular complexity index is 809. The zero-order valence-corrected chi connectivity index (χ0v) is 14.0. The molecule has 7 heteroatoms. The molecule has 0 amide bonds. The molecule has 5 nitrogen and oxygen atoms in total. The first kappa shape index (κ1) is 16.7. The van der Waals surface area contributed by atoms with E-state index in [2.05, 4.69) is 5.16 Å². The molecular weight excluding hydrogens is 326 g/mol. The van der Waals surface area contributed by atoms with Gasteiger partial charge in [0.2, 0.25) is 0 Å². The maximum absolute atomic E-state index is 12.7. The molecule has 0 N–H and O–H groups in total. The molecule has 0 aliphatic carbocycles. The highest BCUT2D eigenvalue weighted by Gasteiger charge is 2.26. The molecule has 1 aromatic heterocycles. The Morgan fingerprint density at radius 2 is 2.00 bits per heavy atom. The van der Waals surface area contributed by atoms with Gasteiger partial charge in [0.25, 0.3) is 0 Å². The number of aromatic nitrogens is 1. The minimum Gasteiger partial charge on any atom is -0.360 e. The Hall–Kier alpha value is -1.66. The summed E-state index contributed by atoms with van der Waals surface area (Å²) in [6.45, 7) is 5.25. The smallest absolute Gasteiger partial charge is 0.199 e. The molecule has 22 heavy (non-hydrogen) atoms. The summed E-state index contributed by atoms with van der Waals surface area (Å²) in [4.78, 5) is 12.7. The van der Waals surface area contributed by atoms with Crippen molar-refractivity contribution in [3.05, 3.63) is 46.3 Å². The summed E-state index contributed by atoms with van der Waals surface area (Å²) < 4.78 is 29.5. The fourth-order valence-corrected chi connectivity index (χ4v) is 3.43.